The van der Waals surface area contributed by atoms with Crippen LogP contribution in [0.4, 0.5) is 13.2 Å². The number of pyridine rings is 1. The van der Waals surface area contributed by atoms with Crippen molar-refractivity contribution < 1.29 is 21.6 Å². The first-order chi connectivity index (χ1) is 10.6. The molecule has 0 amide bonds. The molecule has 0 unspecified atom stereocenters. The highest BCUT2D eigenvalue weighted by Gasteiger charge is 2.34. The van der Waals surface area contributed by atoms with Gasteiger partial charge in [0, 0.05) is 18.4 Å². The van der Waals surface area contributed by atoms with Crippen molar-refractivity contribution in [3.05, 3.63) is 58.9 Å². The predicted molar refractivity (Wildman–Crippen MR) is 79.4 cm³/mol. The zero-order valence-electron chi connectivity index (χ0n) is 11.8. The van der Waals surface area contributed by atoms with Gasteiger partial charge < -0.3 is 0 Å². The number of sulfonamides is 1. The van der Waals surface area contributed by atoms with Crippen LogP contribution in [0.1, 0.15) is 24.1 Å². The maximum absolute atomic E-state index is 12.8. The maximum atomic E-state index is 12.8. The summed E-state index contributed by atoms with van der Waals surface area (Å²) in [7, 11) is -4.14. The lowest BCUT2D eigenvalue weighted by Crippen LogP contribution is -2.27. The van der Waals surface area contributed by atoms with Gasteiger partial charge in [-0.2, -0.15) is 13.2 Å². The molecule has 23 heavy (non-hydrogen) atoms. The first-order valence-electron chi connectivity index (χ1n) is 6.40. The monoisotopic (exact) mass is 364 g/mol. The summed E-state index contributed by atoms with van der Waals surface area (Å²) in [6.45, 7) is 1.56. The van der Waals surface area contributed by atoms with Gasteiger partial charge in [-0.3, -0.25) is 4.98 Å². The molecule has 9 heteroatoms. The first kappa shape index (κ1) is 17.7. The van der Waals surface area contributed by atoms with Crippen molar-refractivity contribution in [3.63, 3.8) is 0 Å². The lowest BCUT2D eigenvalue weighted by Gasteiger charge is -2.16. The van der Waals surface area contributed by atoms with Crippen molar-refractivity contribution >= 4 is 21.6 Å². The van der Waals surface area contributed by atoms with E-state index in [0.717, 1.165) is 12.1 Å². The minimum Gasteiger partial charge on any atom is -0.264 e. The zero-order chi connectivity index (χ0) is 17.3. The van der Waals surface area contributed by atoms with Gasteiger partial charge in [0.25, 0.3) is 0 Å². The SMILES string of the molecule is C[C@H](NS(=O)(=O)c1ccc(Cl)c(C(F)(F)F)c1)c1cccnc1. The fourth-order valence-electron chi connectivity index (χ4n) is 1.89. The molecule has 0 aliphatic carbocycles. The molecule has 0 fully saturated rings. The quantitative estimate of drug-likeness (QED) is 0.897. The van der Waals surface area contributed by atoms with Gasteiger partial charge in [-0.05, 0) is 36.8 Å². The van der Waals surface area contributed by atoms with Crippen molar-refractivity contribution in [1.29, 1.82) is 0 Å². The molecule has 0 spiro atoms. The van der Waals surface area contributed by atoms with Gasteiger partial charge in [0.1, 0.15) is 0 Å². The van der Waals surface area contributed by atoms with Crippen LogP contribution in [0.25, 0.3) is 0 Å². The van der Waals surface area contributed by atoms with Crippen LogP contribution in [0, 0.1) is 0 Å². The summed E-state index contributed by atoms with van der Waals surface area (Å²) >= 11 is 5.49. The second kappa shape index (κ2) is 6.46. The molecule has 124 valence electrons. The third-order valence-corrected chi connectivity index (χ3v) is 4.94. The molecule has 1 atom stereocenters. The Morgan fingerprint density at radius 2 is 1.96 bits per heavy atom. The van der Waals surface area contributed by atoms with Crippen molar-refractivity contribution in [2.75, 3.05) is 0 Å². The van der Waals surface area contributed by atoms with E-state index in [1.165, 1.54) is 12.4 Å². The molecular weight excluding hydrogens is 353 g/mol. The molecule has 1 heterocycles. The van der Waals surface area contributed by atoms with Crippen LogP contribution >= 0.6 is 11.6 Å². The second-order valence-corrected chi connectivity index (χ2v) is 6.89. The Hall–Kier alpha value is -1.64. The Balaban J connectivity index is 2.34. The van der Waals surface area contributed by atoms with E-state index in [1.54, 1.807) is 19.1 Å². The topological polar surface area (TPSA) is 59.1 Å². The number of hydrogen-bond donors (Lipinski definition) is 1. The van der Waals surface area contributed by atoms with Crippen molar-refractivity contribution in [1.82, 2.24) is 9.71 Å². The summed E-state index contributed by atoms with van der Waals surface area (Å²) in [6, 6.07) is 5.08. The molecule has 2 aromatic rings. The van der Waals surface area contributed by atoms with Gasteiger partial charge in [0.2, 0.25) is 10.0 Å². The summed E-state index contributed by atoms with van der Waals surface area (Å²) in [5, 5.41) is -0.559. The van der Waals surface area contributed by atoms with E-state index in [2.05, 4.69) is 9.71 Å². The average molecular weight is 365 g/mol. The standard InChI is InChI=1S/C14H12ClF3N2O2S/c1-9(10-3-2-6-19-8-10)20-23(21,22)11-4-5-13(15)12(7-11)14(16,17)18/h2-9,20H,1H3/t9-/m0/s1. The minimum atomic E-state index is -4.74. The van der Waals surface area contributed by atoms with Gasteiger partial charge in [0.05, 0.1) is 15.5 Å². The van der Waals surface area contributed by atoms with Crippen molar-refractivity contribution in [2.24, 2.45) is 0 Å². The Morgan fingerprint density at radius 3 is 2.52 bits per heavy atom. The Kier molecular flexibility index (Phi) is 4.98. The number of alkyl halides is 3. The molecular formula is C14H12ClF3N2O2S. The van der Waals surface area contributed by atoms with Crippen LogP contribution in [0.5, 0.6) is 0 Å². The predicted octanol–water partition coefficient (Wildman–Crippen LogP) is 3.79. The molecule has 0 saturated heterocycles. The lowest BCUT2D eigenvalue weighted by molar-refractivity contribution is -0.137. The normalized spacial score (nSPS) is 13.8. The lowest BCUT2D eigenvalue weighted by atomic mass is 10.2. The number of aromatic nitrogens is 1. The summed E-state index contributed by atoms with van der Waals surface area (Å²) in [4.78, 5) is 3.36. The molecule has 1 aromatic heterocycles. The molecule has 0 bridgehead atoms. The van der Waals surface area contributed by atoms with E-state index < -0.39 is 37.7 Å². The third-order valence-electron chi connectivity index (χ3n) is 3.07. The molecule has 2 rings (SSSR count). The Morgan fingerprint density at radius 1 is 1.26 bits per heavy atom. The number of hydrogen-bond acceptors (Lipinski definition) is 3. The largest absolute Gasteiger partial charge is 0.417 e. The van der Waals surface area contributed by atoms with Gasteiger partial charge >= 0.3 is 6.18 Å². The highest BCUT2D eigenvalue weighted by atomic mass is 35.5. The molecule has 4 nitrogen and oxygen atoms in total. The fraction of sp³-hybridized carbons (Fsp3) is 0.214. The van der Waals surface area contributed by atoms with E-state index in [-0.39, 0.29) is 0 Å². The van der Waals surface area contributed by atoms with Crippen LogP contribution in [0.3, 0.4) is 0 Å². The first-order valence-corrected chi connectivity index (χ1v) is 8.26. The molecule has 0 radical (unpaired) electrons. The number of halogens is 4. The third kappa shape index (κ3) is 4.21. The van der Waals surface area contributed by atoms with E-state index in [1.807, 2.05) is 0 Å². The number of nitrogens with zero attached hydrogens (tertiary/aromatic N) is 1. The molecule has 1 aromatic carbocycles. The highest BCUT2D eigenvalue weighted by molar-refractivity contribution is 7.89. The van der Waals surface area contributed by atoms with Crippen LogP contribution in [0.2, 0.25) is 5.02 Å². The Labute approximate surface area is 136 Å². The van der Waals surface area contributed by atoms with E-state index in [0.29, 0.717) is 11.6 Å². The number of rotatable bonds is 4. The number of nitrogens with one attached hydrogen (secondary N) is 1. The van der Waals surface area contributed by atoms with Crippen molar-refractivity contribution in [3.8, 4) is 0 Å². The minimum absolute atomic E-state index is 0.509. The van der Waals surface area contributed by atoms with Crippen LogP contribution in [-0.4, -0.2) is 13.4 Å². The summed E-state index contributed by atoms with van der Waals surface area (Å²) in [5.41, 5.74) is -0.614. The molecule has 0 saturated carbocycles. The Bertz CT molecular complexity index is 795. The van der Waals surface area contributed by atoms with Crippen LogP contribution in [-0.2, 0) is 16.2 Å². The fourth-order valence-corrected chi connectivity index (χ4v) is 3.37. The number of benzene rings is 1. The van der Waals surface area contributed by atoms with Crippen LogP contribution in [0.15, 0.2) is 47.6 Å². The van der Waals surface area contributed by atoms with Gasteiger partial charge in [-0.15, -0.1) is 0 Å². The zero-order valence-corrected chi connectivity index (χ0v) is 13.4. The summed E-state index contributed by atoms with van der Waals surface area (Å²) in [6.07, 6.45) is -1.74. The van der Waals surface area contributed by atoms with E-state index in [4.69, 9.17) is 11.6 Å². The molecule has 1 N–H and O–H groups in total. The van der Waals surface area contributed by atoms with Crippen LogP contribution < -0.4 is 4.72 Å². The summed E-state index contributed by atoms with van der Waals surface area (Å²) in [5.74, 6) is 0. The smallest absolute Gasteiger partial charge is 0.264 e. The molecule has 0 aliphatic rings. The van der Waals surface area contributed by atoms with E-state index in [9.17, 15) is 21.6 Å². The van der Waals surface area contributed by atoms with Gasteiger partial charge in [-0.1, -0.05) is 17.7 Å². The van der Waals surface area contributed by atoms with Crippen molar-refractivity contribution in [2.45, 2.75) is 24.0 Å². The average Bonchev–Trinajstić information content (AvgIpc) is 2.46. The van der Waals surface area contributed by atoms with E-state index >= 15 is 0 Å². The maximum Gasteiger partial charge on any atom is 0.417 e. The summed E-state index contributed by atoms with van der Waals surface area (Å²) < 4.78 is 65.3. The van der Waals surface area contributed by atoms with Gasteiger partial charge in [0.15, 0.2) is 0 Å². The second-order valence-electron chi connectivity index (χ2n) is 4.77. The molecule has 0 aliphatic heterocycles. The van der Waals surface area contributed by atoms with Gasteiger partial charge in [-0.25, -0.2) is 13.1 Å². The highest BCUT2D eigenvalue weighted by Crippen LogP contribution is 2.36.